The van der Waals surface area contributed by atoms with E-state index in [0.29, 0.717) is 22.4 Å². The number of nitrogens with zero attached hydrogens (tertiary/aromatic N) is 1. The van der Waals surface area contributed by atoms with Crippen LogP contribution in [0.5, 0.6) is 5.75 Å². The largest absolute Gasteiger partial charge is 0.488 e. The fourth-order valence-electron chi connectivity index (χ4n) is 3.49. The van der Waals surface area contributed by atoms with Gasteiger partial charge in [-0.15, -0.1) is 0 Å². The topological polar surface area (TPSA) is 70.9 Å². The van der Waals surface area contributed by atoms with Gasteiger partial charge in [0.15, 0.2) is 5.60 Å². The summed E-state index contributed by atoms with van der Waals surface area (Å²) < 4.78 is 19.0. The maximum Gasteiger partial charge on any atom is 0.281 e. The van der Waals surface area contributed by atoms with Gasteiger partial charge in [0.25, 0.3) is 5.91 Å². The molecule has 6 heteroatoms. The molecule has 1 amide bonds. The van der Waals surface area contributed by atoms with Crippen molar-refractivity contribution < 1.29 is 19.0 Å². The van der Waals surface area contributed by atoms with Gasteiger partial charge in [-0.3, -0.25) is 4.79 Å². The summed E-state index contributed by atoms with van der Waals surface area (Å²) >= 11 is 0. The first-order valence-electron chi connectivity index (χ1n) is 10.7. The molecule has 0 unspecified atom stereocenters. The van der Waals surface area contributed by atoms with Gasteiger partial charge < -0.3 is 9.84 Å². The van der Waals surface area contributed by atoms with Crippen molar-refractivity contribution in [3.8, 4) is 5.75 Å². The predicted octanol–water partition coefficient (Wildman–Crippen LogP) is 4.79. The third-order valence-electron chi connectivity index (χ3n) is 5.31. The van der Waals surface area contributed by atoms with Gasteiger partial charge in [0, 0.05) is 5.56 Å². The lowest BCUT2D eigenvalue weighted by Gasteiger charge is -2.27. The number of rotatable bonds is 8. The van der Waals surface area contributed by atoms with E-state index >= 15 is 0 Å². The van der Waals surface area contributed by atoms with Crippen LogP contribution in [0, 0.1) is 5.82 Å². The normalized spacial score (nSPS) is 11.4. The van der Waals surface area contributed by atoms with Crippen LogP contribution in [0.15, 0.2) is 114 Å². The van der Waals surface area contributed by atoms with Crippen LogP contribution >= 0.6 is 0 Å². The quantitative estimate of drug-likeness (QED) is 0.297. The van der Waals surface area contributed by atoms with Crippen molar-refractivity contribution in [1.29, 1.82) is 0 Å². The van der Waals surface area contributed by atoms with Crippen LogP contribution in [-0.2, 0) is 17.0 Å². The first-order chi connectivity index (χ1) is 16.6. The standard InChI is InChI=1S/C28H23FN2O3/c29-25-17-15-21(16-18-25)20-34-26-14-8-7-9-22(26)19-30-31-27(32)28(33,23-10-3-1-4-11-23)24-12-5-2-6-13-24/h1-19,33H,20H2,(H,31,32)/b30-19-. The summed E-state index contributed by atoms with van der Waals surface area (Å²) in [6.45, 7) is 0.249. The Morgan fingerprint density at radius 3 is 2.03 bits per heavy atom. The molecule has 0 saturated heterocycles. The molecule has 0 aliphatic carbocycles. The zero-order valence-electron chi connectivity index (χ0n) is 18.3. The number of para-hydroxylation sites is 1. The number of aliphatic hydroxyl groups is 1. The number of hydrogen-bond donors (Lipinski definition) is 2. The summed E-state index contributed by atoms with van der Waals surface area (Å²) in [5.74, 6) is -0.449. The van der Waals surface area contributed by atoms with Gasteiger partial charge in [0.1, 0.15) is 18.2 Å². The number of benzene rings is 4. The smallest absolute Gasteiger partial charge is 0.281 e. The SMILES string of the molecule is O=C(N/N=C\c1ccccc1OCc1ccc(F)cc1)C(O)(c1ccccc1)c1ccccc1. The average Bonchev–Trinajstić information content (AvgIpc) is 2.89. The zero-order chi connectivity index (χ0) is 23.8. The molecule has 4 rings (SSSR count). The van der Waals surface area contributed by atoms with E-state index in [4.69, 9.17) is 4.74 Å². The fraction of sp³-hybridized carbons (Fsp3) is 0.0714. The molecule has 0 aliphatic rings. The number of nitrogens with one attached hydrogen (secondary N) is 1. The molecule has 4 aromatic rings. The highest BCUT2D eigenvalue weighted by Gasteiger charge is 2.39. The van der Waals surface area contributed by atoms with Crippen LogP contribution in [-0.4, -0.2) is 17.2 Å². The molecule has 0 spiro atoms. The number of halogens is 1. The predicted molar refractivity (Wildman–Crippen MR) is 129 cm³/mol. The highest BCUT2D eigenvalue weighted by molar-refractivity contribution is 5.91. The Balaban J connectivity index is 1.51. The molecule has 4 aromatic carbocycles. The number of carbonyl (C=O) groups excluding carboxylic acids is 1. The van der Waals surface area contributed by atoms with Gasteiger partial charge in [-0.2, -0.15) is 5.10 Å². The van der Waals surface area contributed by atoms with E-state index in [1.807, 2.05) is 24.3 Å². The molecule has 0 atom stereocenters. The Labute approximate surface area is 197 Å². The molecule has 0 aromatic heterocycles. The van der Waals surface area contributed by atoms with E-state index in [0.717, 1.165) is 5.56 Å². The third-order valence-corrected chi connectivity index (χ3v) is 5.31. The maximum absolute atomic E-state index is 13.1. The number of hydrazone groups is 1. The van der Waals surface area contributed by atoms with Crippen LogP contribution in [0.2, 0.25) is 0 Å². The van der Waals surface area contributed by atoms with Crippen LogP contribution in [0.25, 0.3) is 0 Å². The second-order valence-corrected chi connectivity index (χ2v) is 7.59. The second-order valence-electron chi connectivity index (χ2n) is 7.59. The van der Waals surface area contributed by atoms with E-state index in [2.05, 4.69) is 10.5 Å². The van der Waals surface area contributed by atoms with Gasteiger partial charge in [-0.05, 0) is 41.0 Å². The second kappa shape index (κ2) is 10.6. The van der Waals surface area contributed by atoms with E-state index in [1.165, 1.54) is 18.3 Å². The Morgan fingerprint density at radius 1 is 0.853 bits per heavy atom. The first-order valence-corrected chi connectivity index (χ1v) is 10.7. The number of ether oxygens (including phenoxy) is 1. The molecule has 0 heterocycles. The molecule has 34 heavy (non-hydrogen) atoms. The van der Waals surface area contributed by atoms with Gasteiger partial charge in [-0.25, -0.2) is 9.82 Å². The van der Waals surface area contributed by atoms with Gasteiger partial charge in [0.2, 0.25) is 0 Å². The van der Waals surface area contributed by atoms with E-state index < -0.39 is 11.5 Å². The van der Waals surface area contributed by atoms with Crippen LogP contribution < -0.4 is 10.2 Å². The summed E-state index contributed by atoms with van der Waals surface area (Å²) in [5.41, 5.74) is 2.85. The minimum Gasteiger partial charge on any atom is -0.488 e. The maximum atomic E-state index is 13.1. The highest BCUT2D eigenvalue weighted by Crippen LogP contribution is 2.30. The molecule has 170 valence electrons. The Hall–Kier alpha value is -4.29. The molecule has 0 bridgehead atoms. The molecule has 0 radical (unpaired) electrons. The van der Waals surface area contributed by atoms with E-state index in [-0.39, 0.29) is 12.4 Å². The molecule has 0 fully saturated rings. The fourth-order valence-corrected chi connectivity index (χ4v) is 3.49. The summed E-state index contributed by atoms with van der Waals surface area (Å²) in [5, 5.41) is 15.5. The molecular formula is C28H23FN2O3. The van der Waals surface area contributed by atoms with Gasteiger partial charge in [0.05, 0.1) is 6.21 Å². The van der Waals surface area contributed by atoms with Gasteiger partial charge >= 0.3 is 0 Å². The summed E-state index contributed by atoms with van der Waals surface area (Å²) in [7, 11) is 0. The Bertz CT molecular complexity index is 1220. The Kier molecular flexibility index (Phi) is 7.10. The average molecular weight is 455 g/mol. The number of carbonyl (C=O) groups is 1. The van der Waals surface area contributed by atoms with Crippen LogP contribution in [0.4, 0.5) is 4.39 Å². The monoisotopic (exact) mass is 454 g/mol. The molecule has 5 nitrogen and oxygen atoms in total. The lowest BCUT2D eigenvalue weighted by molar-refractivity contribution is -0.136. The van der Waals surface area contributed by atoms with Crippen molar-refractivity contribution >= 4 is 12.1 Å². The number of hydrogen-bond acceptors (Lipinski definition) is 4. The molecule has 0 saturated carbocycles. The molecule has 0 aliphatic heterocycles. The lowest BCUT2D eigenvalue weighted by atomic mass is 9.85. The van der Waals surface area contributed by atoms with Crippen molar-refractivity contribution in [3.05, 3.63) is 137 Å². The molecular weight excluding hydrogens is 431 g/mol. The molecule has 2 N–H and O–H groups in total. The van der Waals surface area contributed by atoms with Gasteiger partial charge in [-0.1, -0.05) is 84.9 Å². The summed E-state index contributed by atoms with van der Waals surface area (Å²) in [4.78, 5) is 13.1. The van der Waals surface area contributed by atoms with Crippen molar-refractivity contribution in [1.82, 2.24) is 5.43 Å². The van der Waals surface area contributed by atoms with Crippen molar-refractivity contribution in [3.63, 3.8) is 0 Å². The van der Waals surface area contributed by atoms with Crippen molar-refractivity contribution in [2.24, 2.45) is 5.10 Å². The van der Waals surface area contributed by atoms with Crippen LogP contribution in [0.1, 0.15) is 22.3 Å². The zero-order valence-corrected chi connectivity index (χ0v) is 18.3. The minimum absolute atomic E-state index is 0.249. The lowest BCUT2D eigenvalue weighted by Crippen LogP contribution is -2.43. The summed E-state index contributed by atoms with van der Waals surface area (Å²) in [6, 6.07) is 30.7. The Morgan fingerprint density at radius 2 is 1.41 bits per heavy atom. The summed E-state index contributed by atoms with van der Waals surface area (Å²) in [6.07, 6.45) is 1.45. The minimum atomic E-state index is -1.92. The van der Waals surface area contributed by atoms with Crippen molar-refractivity contribution in [2.45, 2.75) is 12.2 Å². The third kappa shape index (κ3) is 5.19. The van der Waals surface area contributed by atoms with Crippen LogP contribution in [0.3, 0.4) is 0 Å². The highest BCUT2D eigenvalue weighted by atomic mass is 19.1. The van der Waals surface area contributed by atoms with Crippen molar-refractivity contribution in [2.75, 3.05) is 0 Å². The van der Waals surface area contributed by atoms with E-state index in [1.54, 1.807) is 72.8 Å². The number of amides is 1. The van der Waals surface area contributed by atoms with E-state index in [9.17, 15) is 14.3 Å². The first kappa shape index (κ1) is 22.9.